The summed E-state index contributed by atoms with van der Waals surface area (Å²) in [4.78, 5) is 31.1. The first kappa shape index (κ1) is 17.1. The highest BCUT2D eigenvalue weighted by molar-refractivity contribution is 6.36. The average Bonchev–Trinajstić information content (AvgIpc) is 3.17. The minimum Gasteiger partial charge on any atom is -0.351 e. The number of rotatable bonds is 1. The third-order valence-corrected chi connectivity index (χ3v) is 5.51. The molecule has 142 valence electrons. The molecule has 0 radical (unpaired) electrons. The lowest BCUT2D eigenvalue weighted by atomic mass is 9.85. The summed E-state index contributed by atoms with van der Waals surface area (Å²) in [6.07, 6.45) is 0.0194. The van der Waals surface area contributed by atoms with E-state index in [9.17, 15) is 22.8 Å². The predicted molar refractivity (Wildman–Crippen MR) is 93.3 cm³/mol. The summed E-state index contributed by atoms with van der Waals surface area (Å²) in [5.41, 5.74) is -2.73. The van der Waals surface area contributed by atoms with E-state index in [0.717, 1.165) is 11.0 Å². The molecule has 1 aromatic carbocycles. The molecule has 2 bridgehead atoms. The molecule has 8 heteroatoms. The summed E-state index contributed by atoms with van der Waals surface area (Å²) in [5.74, 6) is -1.17. The van der Waals surface area contributed by atoms with Crippen molar-refractivity contribution in [2.24, 2.45) is 0 Å². The van der Waals surface area contributed by atoms with Gasteiger partial charge in [-0.2, -0.15) is 13.2 Å². The molecule has 2 amide bonds. The van der Waals surface area contributed by atoms with Gasteiger partial charge in [0.2, 0.25) is 0 Å². The Kier molecular flexibility index (Phi) is 2.98. The van der Waals surface area contributed by atoms with E-state index >= 15 is 0 Å². The monoisotopic (exact) mass is 386 g/mol. The van der Waals surface area contributed by atoms with E-state index in [1.165, 1.54) is 24.4 Å². The van der Waals surface area contributed by atoms with Crippen molar-refractivity contribution in [3.8, 4) is 0 Å². The van der Waals surface area contributed by atoms with Crippen molar-refractivity contribution in [1.82, 2.24) is 4.98 Å². The smallest absolute Gasteiger partial charge is 0.351 e. The molecular weight excluding hydrogens is 373 g/mol. The highest BCUT2D eigenvalue weighted by Crippen LogP contribution is 2.54. The van der Waals surface area contributed by atoms with Crippen molar-refractivity contribution in [3.05, 3.63) is 59.3 Å². The number of carbonyl (C=O) groups excluding carboxylic acids is 2. The van der Waals surface area contributed by atoms with Crippen LogP contribution in [0.3, 0.4) is 0 Å². The second kappa shape index (κ2) is 4.88. The van der Waals surface area contributed by atoms with Crippen molar-refractivity contribution >= 4 is 28.4 Å². The third-order valence-electron chi connectivity index (χ3n) is 5.51. The number of benzene rings is 1. The van der Waals surface area contributed by atoms with Gasteiger partial charge in [-0.3, -0.25) is 14.6 Å². The van der Waals surface area contributed by atoms with Gasteiger partial charge in [0.1, 0.15) is 11.2 Å². The zero-order valence-electron chi connectivity index (χ0n) is 14.8. The molecule has 0 aliphatic carbocycles. The van der Waals surface area contributed by atoms with Crippen LogP contribution in [0.15, 0.2) is 53.8 Å². The second-order valence-corrected chi connectivity index (χ2v) is 7.37. The summed E-state index contributed by atoms with van der Waals surface area (Å²) in [5, 5.41) is 0.0803. The molecule has 28 heavy (non-hydrogen) atoms. The second-order valence-electron chi connectivity index (χ2n) is 7.37. The molecule has 0 saturated carbocycles. The normalized spacial score (nSPS) is 28.8. The number of imide groups is 1. The van der Waals surface area contributed by atoms with Gasteiger partial charge in [0.25, 0.3) is 11.8 Å². The molecule has 1 aromatic heterocycles. The van der Waals surface area contributed by atoms with Gasteiger partial charge >= 0.3 is 6.18 Å². The molecule has 5 rings (SSSR count). The van der Waals surface area contributed by atoms with Crippen molar-refractivity contribution in [3.63, 3.8) is 0 Å². The van der Waals surface area contributed by atoms with Crippen LogP contribution in [0.5, 0.6) is 0 Å². The maximum atomic E-state index is 13.4. The number of anilines is 1. The van der Waals surface area contributed by atoms with Crippen LogP contribution >= 0.6 is 0 Å². The number of amides is 2. The zero-order chi connectivity index (χ0) is 20.1. The molecular formula is C20H13F3N2O3. The van der Waals surface area contributed by atoms with Gasteiger partial charge in [0, 0.05) is 11.6 Å². The van der Waals surface area contributed by atoms with Crippen LogP contribution in [0, 0.1) is 0 Å². The highest BCUT2D eigenvalue weighted by atomic mass is 19.4. The van der Waals surface area contributed by atoms with Crippen LogP contribution in [0.2, 0.25) is 0 Å². The Morgan fingerprint density at radius 2 is 1.61 bits per heavy atom. The summed E-state index contributed by atoms with van der Waals surface area (Å²) in [6.45, 7) is 3.39. The molecule has 0 saturated heterocycles. The van der Waals surface area contributed by atoms with Gasteiger partial charge in [0.05, 0.1) is 27.9 Å². The van der Waals surface area contributed by atoms with Crippen LogP contribution in [0.25, 0.3) is 10.9 Å². The molecule has 3 aliphatic heterocycles. The molecule has 2 unspecified atom stereocenters. The molecule has 0 spiro atoms. The van der Waals surface area contributed by atoms with E-state index in [1.807, 2.05) is 0 Å². The SMILES string of the molecule is CC12C=CC(C)(O1)C1=C2C(=O)N(c2ccnc3c(C(F)(F)F)cccc23)C1=O. The largest absolute Gasteiger partial charge is 0.418 e. The number of hydrogen-bond acceptors (Lipinski definition) is 4. The first-order chi connectivity index (χ1) is 13.1. The van der Waals surface area contributed by atoms with Gasteiger partial charge in [-0.1, -0.05) is 12.1 Å². The number of pyridine rings is 1. The standard InChI is InChI=1S/C20H13F3N2O3/c1-18-7-8-19(2,28-18)14-13(18)16(26)25(17(14)27)12-6-9-24-15-10(12)4-3-5-11(15)20(21,22)23/h3-9H,1-2H3. The lowest BCUT2D eigenvalue weighted by Gasteiger charge is -2.27. The number of para-hydroxylation sites is 1. The van der Waals surface area contributed by atoms with E-state index in [1.54, 1.807) is 26.0 Å². The Labute approximate surface area is 157 Å². The minimum absolute atomic E-state index is 0.0760. The quantitative estimate of drug-likeness (QED) is 0.556. The summed E-state index contributed by atoms with van der Waals surface area (Å²) >= 11 is 0. The van der Waals surface area contributed by atoms with Gasteiger partial charge in [-0.05, 0) is 38.1 Å². The van der Waals surface area contributed by atoms with Gasteiger partial charge in [-0.15, -0.1) is 0 Å². The molecule has 0 N–H and O–H groups in total. The van der Waals surface area contributed by atoms with Crippen molar-refractivity contribution < 1.29 is 27.5 Å². The number of carbonyl (C=O) groups is 2. The first-order valence-electron chi connectivity index (χ1n) is 8.56. The van der Waals surface area contributed by atoms with E-state index in [-0.39, 0.29) is 27.7 Å². The number of ether oxygens (including phenoxy) is 1. The topological polar surface area (TPSA) is 59.5 Å². The maximum Gasteiger partial charge on any atom is 0.418 e. The van der Waals surface area contributed by atoms with Crippen molar-refractivity contribution in [2.75, 3.05) is 4.90 Å². The Morgan fingerprint density at radius 3 is 2.18 bits per heavy atom. The van der Waals surface area contributed by atoms with E-state index in [2.05, 4.69) is 4.98 Å². The number of fused-ring (bicyclic) bond motifs is 5. The number of halogens is 3. The summed E-state index contributed by atoms with van der Waals surface area (Å²) in [6, 6.07) is 4.95. The van der Waals surface area contributed by atoms with E-state index < -0.39 is 34.8 Å². The van der Waals surface area contributed by atoms with Crippen LogP contribution in [0.4, 0.5) is 18.9 Å². The lowest BCUT2D eigenvalue weighted by molar-refractivity contribution is -0.136. The van der Waals surface area contributed by atoms with Crippen LogP contribution in [0.1, 0.15) is 19.4 Å². The van der Waals surface area contributed by atoms with Gasteiger partial charge in [-0.25, -0.2) is 4.90 Å². The maximum absolute atomic E-state index is 13.4. The van der Waals surface area contributed by atoms with Gasteiger partial charge in [0.15, 0.2) is 0 Å². The number of alkyl halides is 3. The van der Waals surface area contributed by atoms with Crippen LogP contribution in [-0.4, -0.2) is 28.0 Å². The Bertz CT molecular complexity index is 1130. The molecule has 3 aliphatic rings. The molecule has 5 nitrogen and oxygen atoms in total. The molecule has 2 aromatic rings. The summed E-state index contributed by atoms with van der Waals surface area (Å²) in [7, 11) is 0. The predicted octanol–water partition coefficient (Wildman–Crippen LogP) is 3.54. The number of nitrogens with zero attached hydrogens (tertiary/aromatic N) is 2. The molecule has 4 heterocycles. The number of hydrogen-bond donors (Lipinski definition) is 0. The van der Waals surface area contributed by atoms with Crippen molar-refractivity contribution in [1.29, 1.82) is 0 Å². The van der Waals surface area contributed by atoms with Crippen LogP contribution < -0.4 is 4.90 Å². The number of aromatic nitrogens is 1. The zero-order valence-corrected chi connectivity index (χ0v) is 14.8. The summed E-state index contributed by atoms with van der Waals surface area (Å²) < 4.78 is 46.0. The average molecular weight is 386 g/mol. The third kappa shape index (κ3) is 1.93. The Morgan fingerprint density at radius 1 is 1.00 bits per heavy atom. The van der Waals surface area contributed by atoms with Gasteiger partial charge < -0.3 is 4.74 Å². The van der Waals surface area contributed by atoms with E-state index in [0.29, 0.717) is 0 Å². The minimum atomic E-state index is -4.61. The Balaban J connectivity index is 1.70. The lowest BCUT2D eigenvalue weighted by Crippen LogP contribution is -2.40. The van der Waals surface area contributed by atoms with E-state index in [4.69, 9.17) is 4.74 Å². The van der Waals surface area contributed by atoms with Crippen molar-refractivity contribution in [2.45, 2.75) is 31.2 Å². The highest BCUT2D eigenvalue weighted by Gasteiger charge is 2.62. The molecule has 0 fully saturated rings. The molecule has 2 atom stereocenters. The fourth-order valence-corrected chi connectivity index (χ4v) is 4.35. The first-order valence-corrected chi connectivity index (χ1v) is 8.56. The van der Waals surface area contributed by atoms with Crippen LogP contribution in [-0.2, 0) is 20.5 Å². The fraction of sp³-hybridized carbons (Fsp3) is 0.250. The fourth-order valence-electron chi connectivity index (χ4n) is 4.35. The Hall–Kier alpha value is -3.00.